The quantitative estimate of drug-likeness (QED) is 0.142. The van der Waals surface area contributed by atoms with E-state index in [9.17, 15) is 0 Å². The minimum atomic E-state index is -0.700. The van der Waals surface area contributed by atoms with Gasteiger partial charge < -0.3 is 0 Å². The highest BCUT2D eigenvalue weighted by Crippen LogP contribution is 2.61. The normalized spacial score (nSPS) is 15.9. The molecule has 13 rings (SSSR count). The summed E-state index contributed by atoms with van der Waals surface area (Å²) in [5.74, 6) is -0.130. The topological polar surface area (TPSA) is 25.8 Å². The molecule has 0 fully saturated rings. The first-order chi connectivity index (χ1) is 34.7. The van der Waals surface area contributed by atoms with Crippen LogP contribution in [0.4, 0.5) is 0 Å². The summed E-state index contributed by atoms with van der Waals surface area (Å²) in [6.07, 6.45) is 2.58. The fourth-order valence-corrected chi connectivity index (χ4v) is 11.5. The predicted molar refractivity (Wildman–Crippen MR) is 293 cm³/mol. The molecule has 2 heteroatoms. The largest absolute Gasteiger partial charge is 0.248 e. The molecule has 70 heavy (non-hydrogen) atoms. The van der Waals surface area contributed by atoms with E-state index in [4.69, 9.17) is 9.97 Å². The zero-order chi connectivity index (χ0) is 46.4. The van der Waals surface area contributed by atoms with E-state index in [0.29, 0.717) is 0 Å². The van der Waals surface area contributed by atoms with Crippen molar-refractivity contribution >= 4 is 60.3 Å². The molecule has 10 aromatic carbocycles. The Balaban J connectivity index is 1.10. The molecule has 0 amide bonds. The molecule has 0 N–H and O–H groups in total. The van der Waals surface area contributed by atoms with Crippen LogP contribution in [-0.4, -0.2) is 9.97 Å². The summed E-state index contributed by atoms with van der Waals surface area (Å²) in [6, 6.07) is 97.5. The predicted octanol–water partition coefficient (Wildman–Crippen LogP) is 17.2. The standard InChI is InChI=1S/C68H46N2/c1-5-21-47(22-6-1)59-45-58(46-37-39-49(40-38-46)64-54-29-13-17-33-60(54)69-61-34-18-14-30-55(61)64)66(48-23-7-2-8-24-48)67(51-25-9-3-10-26-51)68(59,52-27-11-4-12-28-52)53-43-41-50(42-44-53)65-56-31-15-19-35-62(56)70-63-36-20-16-32-57(63)65/h1-45,59H. The van der Waals surface area contributed by atoms with Crippen molar-refractivity contribution in [3.8, 4) is 22.3 Å². The van der Waals surface area contributed by atoms with Gasteiger partial charge in [-0.15, -0.1) is 0 Å². The molecule has 0 aliphatic heterocycles. The SMILES string of the molecule is C1=C(c2ccc(-c3c4ccccc4nc4ccccc34)cc2)C(c2ccccc2)=C(c2ccccc2)C(c2ccccc2)(c2ccc(-c3c4ccccc4nc4ccccc34)cc2)C1c1ccccc1. The second-order valence-electron chi connectivity index (χ2n) is 18.3. The monoisotopic (exact) mass is 890 g/mol. The van der Waals surface area contributed by atoms with Crippen LogP contribution in [0.25, 0.3) is 82.6 Å². The van der Waals surface area contributed by atoms with Crippen LogP contribution in [0.3, 0.4) is 0 Å². The van der Waals surface area contributed by atoms with Crippen molar-refractivity contribution in [3.05, 3.63) is 306 Å². The molecular weight excluding hydrogens is 845 g/mol. The van der Waals surface area contributed by atoms with Crippen LogP contribution in [0.15, 0.2) is 273 Å². The van der Waals surface area contributed by atoms with E-state index < -0.39 is 5.41 Å². The average molecular weight is 891 g/mol. The van der Waals surface area contributed by atoms with Crippen molar-refractivity contribution in [2.24, 2.45) is 0 Å². The Labute approximate surface area is 408 Å². The summed E-state index contributed by atoms with van der Waals surface area (Å²) in [4.78, 5) is 10.2. The molecular formula is C68H46N2. The highest BCUT2D eigenvalue weighted by Gasteiger charge is 2.50. The molecule has 1 aliphatic carbocycles. The van der Waals surface area contributed by atoms with Gasteiger partial charge in [-0.25, -0.2) is 9.97 Å². The lowest BCUT2D eigenvalue weighted by atomic mass is 9.53. The van der Waals surface area contributed by atoms with Crippen LogP contribution in [0.1, 0.15) is 39.3 Å². The molecule has 2 heterocycles. The van der Waals surface area contributed by atoms with Crippen molar-refractivity contribution in [1.29, 1.82) is 0 Å². The number of aromatic nitrogens is 2. The Morgan fingerprint density at radius 2 is 0.643 bits per heavy atom. The van der Waals surface area contributed by atoms with E-state index in [1.807, 2.05) is 0 Å². The van der Waals surface area contributed by atoms with Crippen LogP contribution in [0.2, 0.25) is 0 Å². The van der Waals surface area contributed by atoms with Crippen molar-refractivity contribution in [2.75, 3.05) is 0 Å². The van der Waals surface area contributed by atoms with E-state index in [1.165, 1.54) is 55.7 Å². The summed E-state index contributed by atoms with van der Waals surface area (Å²) in [5, 5.41) is 4.59. The molecule has 1 aliphatic rings. The lowest BCUT2D eigenvalue weighted by Gasteiger charge is -2.48. The molecule has 328 valence electrons. The highest BCUT2D eigenvalue weighted by atomic mass is 14.7. The third kappa shape index (κ3) is 6.79. The third-order valence-corrected chi connectivity index (χ3v) is 14.5. The van der Waals surface area contributed by atoms with Crippen LogP contribution in [0.5, 0.6) is 0 Å². The zero-order valence-corrected chi connectivity index (χ0v) is 38.5. The summed E-state index contributed by atoms with van der Waals surface area (Å²) in [5.41, 5.74) is 18.9. The lowest BCUT2D eigenvalue weighted by Crippen LogP contribution is -2.38. The third-order valence-electron chi connectivity index (χ3n) is 14.5. The number of rotatable bonds is 8. The summed E-state index contributed by atoms with van der Waals surface area (Å²) >= 11 is 0. The van der Waals surface area contributed by atoms with E-state index in [1.54, 1.807) is 0 Å². The van der Waals surface area contributed by atoms with Gasteiger partial charge in [-0.1, -0.05) is 249 Å². The second-order valence-corrected chi connectivity index (χ2v) is 18.3. The van der Waals surface area contributed by atoms with Gasteiger partial charge in [0.25, 0.3) is 0 Å². The molecule has 0 spiro atoms. The fourth-order valence-electron chi connectivity index (χ4n) is 11.5. The Morgan fingerprint density at radius 1 is 0.286 bits per heavy atom. The Hall–Kier alpha value is -8.98. The van der Waals surface area contributed by atoms with E-state index in [0.717, 1.165) is 60.3 Å². The maximum atomic E-state index is 5.09. The van der Waals surface area contributed by atoms with Gasteiger partial charge in [0.05, 0.1) is 27.5 Å². The first-order valence-corrected chi connectivity index (χ1v) is 24.2. The number of fused-ring (bicyclic) bond motifs is 4. The first kappa shape index (κ1) is 41.2. The van der Waals surface area contributed by atoms with Gasteiger partial charge in [0.1, 0.15) is 0 Å². The van der Waals surface area contributed by atoms with Crippen LogP contribution in [-0.2, 0) is 5.41 Å². The number of benzene rings is 10. The number of hydrogen-bond donors (Lipinski definition) is 0. The van der Waals surface area contributed by atoms with Crippen molar-refractivity contribution in [3.63, 3.8) is 0 Å². The van der Waals surface area contributed by atoms with E-state index >= 15 is 0 Å². The maximum absolute atomic E-state index is 5.09. The molecule has 2 aromatic heterocycles. The molecule has 0 saturated carbocycles. The number of allylic oxidation sites excluding steroid dienone is 4. The fraction of sp³-hybridized carbons (Fsp3) is 0.0294. The van der Waals surface area contributed by atoms with Crippen LogP contribution >= 0.6 is 0 Å². The molecule has 0 bridgehead atoms. The number of nitrogens with zero attached hydrogens (tertiary/aromatic N) is 2. The Kier molecular flexibility index (Phi) is 10.2. The number of pyridine rings is 2. The molecule has 0 saturated heterocycles. The molecule has 2 unspecified atom stereocenters. The molecule has 0 radical (unpaired) electrons. The minimum Gasteiger partial charge on any atom is -0.248 e. The lowest BCUT2D eigenvalue weighted by molar-refractivity contribution is 0.587. The van der Waals surface area contributed by atoms with Crippen molar-refractivity contribution in [2.45, 2.75) is 11.3 Å². The first-order valence-electron chi connectivity index (χ1n) is 24.2. The van der Waals surface area contributed by atoms with Gasteiger partial charge in [0, 0.05) is 38.6 Å². The smallest absolute Gasteiger partial charge is 0.0715 e. The molecule has 12 aromatic rings. The van der Waals surface area contributed by atoms with E-state index in [2.05, 4.69) is 273 Å². The zero-order valence-electron chi connectivity index (χ0n) is 38.5. The van der Waals surface area contributed by atoms with Crippen LogP contribution < -0.4 is 0 Å². The summed E-state index contributed by atoms with van der Waals surface area (Å²) < 4.78 is 0. The Morgan fingerprint density at radius 3 is 1.11 bits per heavy atom. The van der Waals surface area contributed by atoms with Gasteiger partial charge >= 0.3 is 0 Å². The minimum absolute atomic E-state index is 0.130. The number of hydrogen-bond acceptors (Lipinski definition) is 2. The van der Waals surface area contributed by atoms with Crippen molar-refractivity contribution < 1.29 is 0 Å². The van der Waals surface area contributed by atoms with Gasteiger partial charge in [-0.2, -0.15) is 0 Å². The highest BCUT2D eigenvalue weighted by molar-refractivity contribution is 6.20. The van der Waals surface area contributed by atoms with E-state index in [-0.39, 0.29) is 5.92 Å². The molecule has 2 atom stereocenters. The van der Waals surface area contributed by atoms with Crippen LogP contribution in [0, 0.1) is 0 Å². The number of para-hydroxylation sites is 4. The summed E-state index contributed by atoms with van der Waals surface area (Å²) in [6.45, 7) is 0. The maximum Gasteiger partial charge on any atom is 0.0715 e. The Bertz CT molecular complexity index is 3850. The summed E-state index contributed by atoms with van der Waals surface area (Å²) in [7, 11) is 0. The van der Waals surface area contributed by atoms with Gasteiger partial charge in [0.2, 0.25) is 0 Å². The van der Waals surface area contributed by atoms with Gasteiger partial charge in [-0.3, -0.25) is 0 Å². The van der Waals surface area contributed by atoms with Gasteiger partial charge in [-0.05, 0) is 85.5 Å². The average Bonchev–Trinajstić information content (AvgIpc) is 3.44. The van der Waals surface area contributed by atoms with Gasteiger partial charge in [0.15, 0.2) is 0 Å². The second kappa shape index (κ2) is 17.3. The molecule has 2 nitrogen and oxygen atoms in total. The van der Waals surface area contributed by atoms with Crippen molar-refractivity contribution in [1.82, 2.24) is 9.97 Å².